The number of benzene rings is 3. The Morgan fingerprint density at radius 1 is 1.24 bits per heavy atom. The molecule has 37 heavy (non-hydrogen) atoms. The molecule has 3 aromatic carbocycles. The van der Waals surface area contributed by atoms with Gasteiger partial charge in [-0.1, -0.05) is 28.1 Å². The van der Waals surface area contributed by atoms with Crippen molar-refractivity contribution in [3.63, 3.8) is 0 Å². The predicted octanol–water partition coefficient (Wildman–Crippen LogP) is 5.18. The Hall–Kier alpha value is -3.97. The highest BCUT2D eigenvalue weighted by atomic mass is 79.9. The Morgan fingerprint density at radius 2 is 2.00 bits per heavy atom. The van der Waals surface area contributed by atoms with Crippen LogP contribution in [0, 0.1) is 22.9 Å². The molecule has 1 amide bonds. The molecule has 1 heterocycles. The number of ether oxygens (including phenoxy) is 1. The summed E-state index contributed by atoms with van der Waals surface area (Å²) in [5.41, 5.74) is -0.107. The highest BCUT2D eigenvalue weighted by Gasteiger charge is 2.21. The summed E-state index contributed by atoms with van der Waals surface area (Å²) in [6.45, 7) is 1.01. The number of carbonyl (C=O) groups is 1. The van der Waals surface area contributed by atoms with Crippen molar-refractivity contribution in [2.24, 2.45) is 5.10 Å². The lowest BCUT2D eigenvalue weighted by molar-refractivity contribution is -0.385. The number of anilines is 1. The lowest BCUT2D eigenvalue weighted by Crippen LogP contribution is -2.21. The zero-order valence-corrected chi connectivity index (χ0v) is 22.1. The highest BCUT2D eigenvalue weighted by molar-refractivity contribution is 9.10. The first-order valence-electron chi connectivity index (χ1n) is 10.5. The standard InChI is InChI=1S/C24H16Br2FN5O5/c1-13-29-19-7-6-15(25)10-16(19)24(34)31(13)28-11-14-8-17(26)23(21(9-14)32(35)36)37-12-22(33)30-20-5-3-2-4-18(20)27/h2-11H,12H2,1H3,(H,30,33). The lowest BCUT2D eigenvalue weighted by Gasteiger charge is -2.10. The molecule has 10 nitrogen and oxygen atoms in total. The number of hydrogen-bond donors (Lipinski definition) is 1. The Kier molecular flexibility index (Phi) is 7.74. The molecule has 0 saturated carbocycles. The molecular weight excluding hydrogens is 617 g/mol. The molecule has 188 valence electrons. The predicted molar refractivity (Wildman–Crippen MR) is 143 cm³/mol. The fourth-order valence-corrected chi connectivity index (χ4v) is 4.30. The van der Waals surface area contributed by atoms with Crippen LogP contribution in [-0.4, -0.2) is 33.3 Å². The van der Waals surface area contributed by atoms with E-state index in [1.807, 2.05) is 0 Å². The van der Waals surface area contributed by atoms with Crippen LogP contribution in [0.5, 0.6) is 5.75 Å². The average Bonchev–Trinajstić information content (AvgIpc) is 2.85. The normalized spacial score (nSPS) is 11.1. The maximum Gasteiger partial charge on any atom is 0.312 e. The number of amides is 1. The van der Waals surface area contributed by atoms with Gasteiger partial charge >= 0.3 is 5.69 Å². The SMILES string of the molecule is Cc1nc2ccc(Br)cc2c(=O)n1N=Cc1cc(Br)c(OCC(=O)Nc2ccccc2F)c([N+](=O)[O-])c1. The molecule has 0 bridgehead atoms. The molecule has 0 radical (unpaired) electrons. The van der Waals surface area contributed by atoms with Crippen LogP contribution in [0.4, 0.5) is 15.8 Å². The van der Waals surface area contributed by atoms with Crippen LogP contribution in [0.15, 0.2) is 73.4 Å². The number of para-hydroxylation sites is 1. The summed E-state index contributed by atoms with van der Waals surface area (Å²) in [7, 11) is 0. The van der Waals surface area contributed by atoms with Crippen LogP contribution >= 0.6 is 31.9 Å². The van der Waals surface area contributed by atoms with Crippen molar-refractivity contribution in [2.45, 2.75) is 6.92 Å². The van der Waals surface area contributed by atoms with Gasteiger partial charge in [-0.2, -0.15) is 9.78 Å². The molecule has 1 N–H and O–H groups in total. The fourth-order valence-electron chi connectivity index (χ4n) is 3.36. The first-order valence-corrected chi connectivity index (χ1v) is 12.1. The Morgan fingerprint density at radius 3 is 2.73 bits per heavy atom. The molecule has 0 saturated heterocycles. The summed E-state index contributed by atoms with van der Waals surface area (Å²) >= 11 is 6.55. The molecule has 0 atom stereocenters. The number of halogens is 3. The summed E-state index contributed by atoms with van der Waals surface area (Å²) < 4.78 is 21.1. The van der Waals surface area contributed by atoms with Crippen molar-refractivity contribution < 1.29 is 18.8 Å². The molecule has 4 rings (SSSR count). The number of fused-ring (bicyclic) bond motifs is 1. The molecule has 1 aromatic heterocycles. The van der Waals surface area contributed by atoms with Gasteiger partial charge in [0.05, 0.1) is 32.2 Å². The Labute approximate surface area is 225 Å². The number of nitro benzene ring substituents is 1. The van der Waals surface area contributed by atoms with E-state index in [2.05, 4.69) is 47.3 Å². The summed E-state index contributed by atoms with van der Waals surface area (Å²) in [6, 6.07) is 13.3. The van der Waals surface area contributed by atoms with E-state index in [0.29, 0.717) is 21.2 Å². The van der Waals surface area contributed by atoms with Gasteiger partial charge in [0.1, 0.15) is 11.6 Å². The van der Waals surface area contributed by atoms with E-state index in [4.69, 9.17) is 4.74 Å². The number of aromatic nitrogens is 2. The van der Waals surface area contributed by atoms with Crippen molar-refractivity contribution in [1.82, 2.24) is 9.66 Å². The quantitative estimate of drug-likeness (QED) is 0.170. The smallest absolute Gasteiger partial charge is 0.312 e. The second kappa shape index (κ2) is 11.0. The number of carbonyl (C=O) groups excluding carboxylic acids is 1. The van der Waals surface area contributed by atoms with E-state index in [1.54, 1.807) is 31.2 Å². The summed E-state index contributed by atoms with van der Waals surface area (Å²) in [4.78, 5) is 40.5. The molecule has 0 fully saturated rings. The van der Waals surface area contributed by atoms with Crippen LogP contribution in [0.2, 0.25) is 0 Å². The number of nitro groups is 1. The molecular formula is C24H16Br2FN5O5. The third-order valence-corrected chi connectivity index (χ3v) is 6.11. The minimum Gasteiger partial charge on any atom is -0.476 e. The topological polar surface area (TPSA) is 129 Å². The van der Waals surface area contributed by atoms with Gasteiger partial charge in [0.15, 0.2) is 6.61 Å². The van der Waals surface area contributed by atoms with E-state index in [9.17, 15) is 24.1 Å². The first-order chi connectivity index (χ1) is 17.6. The first kappa shape index (κ1) is 26.1. The largest absolute Gasteiger partial charge is 0.476 e. The molecule has 0 aliphatic heterocycles. The molecule has 0 unspecified atom stereocenters. The van der Waals surface area contributed by atoms with E-state index in [1.165, 1.54) is 36.5 Å². The maximum atomic E-state index is 13.7. The van der Waals surface area contributed by atoms with Crippen LogP contribution in [0.3, 0.4) is 0 Å². The van der Waals surface area contributed by atoms with Crippen LogP contribution < -0.4 is 15.6 Å². The number of nitrogens with one attached hydrogen (secondary N) is 1. The number of rotatable bonds is 7. The Bertz CT molecular complexity index is 1640. The van der Waals surface area contributed by atoms with Crippen molar-refractivity contribution in [1.29, 1.82) is 0 Å². The average molecular weight is 633 g/mol. The van der Waals surface area contributed by atoms with Crippen molar-refractivity contribution in [3.05, 3.63) is 101 Å². The summed E-state index contributed by atoms with van der Waals surface area (Å²) in [6.07, 6.45) is 1.27. The van der Waals surface area contributed by atoms with E-state index >= 15 is 0 Å². The Balaban J connectivity index is 1.59. The third-order valence-electron chi connectivity index (χ3n) is 5.03. The van der Waals surface area contributed by atoms with Gasteiger partial charge in [0, 0.05) is 16.1 Å². The molecule has 0 aliphatic rings. The minimum atomic E-state index is -0.706. The van der Waals surface area contributed by atoms with Crippen molar-refractivity contribution in [2.75, 3.05) is 11.9 Å². The van der Waals surface area contributed by atoms with Gasteiger partial charge < -0.3 is 10.1 Å². The number of aryl methyl sites for hydroxylation is 1. The van der Waals surface area contributed by atoms with Gasteiger partial charge in [-0.3, -0.25) is 19.7 Å². The van der Waals surface area contributed by atoms with Crippen LogP contribution in [0.25, 0.3) is 10.9 Å². The zero-order valence-electron chi connectivity index (χ0n) is 18.9. The monoisotopic (exact) mass is 631 g/mol. The van der Waals surface area contributed by atoms with Gasteiger partial charge in [-0.25, -0.2) is 9.37 Å². The second-order valence-electron chi connectivity index (χ2n) is 7.61. The molecule has 0 aliphatic carbocycles. The van der Waals surface area contributed by atoms with Crippen LogP contribution in [0.1, 0.15) is 11.4 Å². The molecule has 0 spiro atoms. The highest BCUT2D eigenvalue weighted by Crippen LogP contribution is 2.36. The zero-order chi connectivity index (χ0) is 26.7. The molecule has 4 aromatic rings. The van der Waals surface area contributed by atoms with E-state index < -0.39 is 34.5 Å². The van der Waals surface area contributed by atoms with Crippen molar-refractivity contribution >= 4 is 66.3 Å². The van der Waals surface area contributed by atoms with Gasteiger partial charge in [-0.05, 0) is 59.3 Å². The molecule has 13 heteroatoms. The van der Waals surface area contributed by atoms with Crippen molar-refractivity contribution in [3.8, 4) is 5.75 Å². The fraction of sp³-hybridized carbons (Fsp3) is 0.0833. The lowest BCUT2D eigenvalue weighted by atomic mass is 10.2. The minimum absolute atomic E-state index is 0.0442. The summed E-state index contributed by atoms with van der Waals surface area (Å²) in [5.74, 6) is -1.21. The second-order valence-corrected chi connectivity index (χ2v) is 9.38. The van der Waals surface area contributed by atoms with E-state index in [0.717, 1.165) is 4.68 Å². The maximum absolute atomic E-state index is 13.7. The number of nitrogens with zero attached hydrogens (tertiary/aromatic N) is 4. The third kappa shape index (κ3) is 5.89. The van der Waals surface area contributed by atoms with Gasteiger partial charge in [0.2, 0.25) is 5.75 Å². The van der Waals surface area contributed by atoms with Crippen LogP contribution in [-0.2, 0) is 4.79 Å². The summed E-state index contributed by atoms with van der Waals surface area (Å²) in [5, 5.41) is 18.6. The van der Waals surface area contributed by atoms with E-state index in [-0.39, 0.29) is 21.5 Å². The van der Waals surface area contributed by atoms with Gasteiger partial charge in [-0.15, -0.1) is 0 Å². The number of hydrogen-bond acceptors (Lipinski definition) is 7. The van der Waals surface area contributed by atoms with Gasteiger partial charge in [0.25, 0.3) is 11.5 Å².